The van der Waals surface area contributed by atoms with Crippen molar-refractivity contribution in [3.8, 4) is 0 Å². The summed E-state index contributed by atoms with van der Waals surface area (Å²) in [7, 11) is 0. The standard InChI is InChI=1S/C19H20N2OS2/c1-10-11(2)24-19-16(10)18(22)20-17(21-19)12(3)23-15-8-7-13-5-4-6-14(13)9-15/h7-9,12H,4-6H2,1-3H3,(H,20,21,22)/t12-/m0/s1. The fourth-order valence-corrected chi connectivity index (χ4v) is 5.37. The molecule has 5 heteroatoms. The predicted molar refractivity (Wildman–Crippen MR) is 102 cm³/mol. The van der Waals surface area contributed by atoms with Gasteiger partial charge >= 0.3 is 0 Å². The second kappa shape index (κ2) is 6.05. The highest BCUT2D eigenvalue weighted by molar-refractivity contribution is 7.99. The lowest BCUT2D eigenvalue weighted by molar-refractivity contribution is 0.911. The highest BCUT2D eigenvalue weighted by atomic mass is 32.2. The number of hydrogen-bond acceptors (Lipinski definition) is 4. The first kappa shape index (κ1) is 15.9. The maximum Gasteiger partial charge on any atom is 0.259 e. The molecule has 0 radical (unpaired) electrons. The summed E-state index contributed by atoms with van der Waals surface area (Å²) in [5, 5.41) is 0.861. The van der Waals surface area contributed by atoms with Crippen LogP contribution in [0.15, 0.2) is 27.9 Å². The number of thiophene rings is 1. The first-order valence-corrected chi connectivity index (χ1v) is 10.0. The van der Waals surface area contributed by atoms with Crippen molar-refractivity contribution in [2.45, 2.75) is 50.2 Å². The van der Waals surface area contributed by atoms with E-state index in [-0.39, 0.29) is 10.8 Å². The summed E-state index contributed by atoms with van der Waals surface area (Å²) >= 11 is 3.37. The fraction of sp³-hybridized carbons (Fsp3) is 0.368. The molecule has 0 fully saturated rings. The van der Waals surface area contributed by atoms with Gasteiger partial charge in [0.1, 0.15) is 10.7 Å². The van der Waals surface area contributed by atoms with E-state index < -0.39 is 0 Å². The second-order valence-electron chi connectivity index (χ2n) is 6.46. The third-order valence-corrected chi connectivity index (χ3v) is 7.03. The van der Waals surface area contributed by atoms with Gasteiger partial charge in [0.15, 0.2) is 0 Å². The molecular weight excluding hydrogens is 336 g/mol. The molecule has 0 amide bonds. The van der Waals surface area contributed by atoms with Crippen LogP contribution in [-0.2, 0) is 12.8 Å². The average molecular weight is 357 g/mol. The normalized spacial score (nSPS) is 15.0. The van der Waals surface area contributed by atoms with Crippen LogP contribution in [0.2, 0.25) is 0 Å². The number of benzene rings is 1. The number of fused-ring (bicyclic) bond motifs is 2. The number of aromatic amines is 1. The molecule has 3 nitrogen and oxygen atoms in total. The quantitative estimate of drug-likeness (QED) is 0.676. The van der Waals surface area contributed by atoms with Gasteiger partial charge in [-0.05, 0) is 68.9 Å². The molecule has 0 saturated heterocycles. The summed E-state index contributed by atoms with van der Waals surface area (Å²) in [5.74, 6) is 0.763. The third kappa shape index (κ3) is 2.70. The summed E-state index contributed by atoms with van der Waals surface area (Å²) in [4.78, 5) is 23.4. The van der Waals surface area contributed by atoms with Crippen LogP contribution in [0.1, 0.15) is 46.0 Å². The van der Waals surface area contributed by atoms with Crippen LogP contribution < -0.4 is 5.56 Å². The topological polar surface area (TPSA) is 45.8 Å². The maximum atomic E-state index is 12.4. The average Bonchev–Trinajstić information content (AvgIpc) is 3.12. The lowest BCUT2D eigenvalue weighted by Crippen LogP contribution is -2.12. The summed E-state index contributed by atoms with van der Waals surface area (Å²) in [6.07, 6.45) is 3.66. The molecule has 124 valence electrons. The molecule has 1 aliphatic rings. The molecule has 1 N–H and O–H groups in total. The first-order valence-electron chi connectivity index (χ1n) is 8.31. The number of nitrogens with zero attached hydrogens (tertiary/aromatic N) is 1. The zero-order chi connectivity index (χ0) is 16.8. The van der Waals surface area contributed by atoms with Gasteiger partial charge in [-0.25, -0.2) is 4.98 Å². The third-order valence-electron chi connectivity index (χ3n) is 4.83. The molecule has 4 rings (SSSR count). The predicted octanol–water partition coefficient (Wildman–Crippen LogP) is 4.94. The van der Waals surface area contributed by atoms with Crippen molar-refractivity contribution in [1.29, 1.82) is 0 Å². The summed E-state index contributed by atoms with van der Waals surface area (Å²) in [5.41, 5.74) is 4.01. The molecule has 3 aromatic rings. The molecule has 0 unspecified atom stereocenters. The minimum atomic E-state index is -0.0155. The SMILES string of the molecule is Cc1sc2nc([C@H](C)Sc3ccc4c(c3)CCC4)[nH]c(=O)c2c1C. The molecule has 1 aliphatic carbocycles. The fourth-order valence-electron chi connectivity index (χ4n) is 3.35. The smallest absolute Gasteiger partial charge is 0.259 e. The Kier molecular flexibility index (Phi) is 4.01. The number of aromatic nitrogens is 2. The highest BCUT2D eigenvalue weighted by Crippen LogP contribution is 2.36. The number of hydrogen-bond donors (Lipinski definition) is 1. The van der Waals surface area contributed by atoms with Crippen LogP contribution in [0.5, 0.6) is 0 Å². The van der Waals surface area contributed by atoms with Gasteiger partial charge in [-0.2, -0.15) is 0 Å². The van der Waals surface area contributed by atoms with Crippen molar-refractivity contribution in [3.63, 3.8) is 0 Å². The van der Waals surface area contributed by atoms with Crippen LogP contribution in [0, 0.1) is 13.8 Å². The Bertz CT molecular complexity index is 987. The summed E-state index contributed by atoms with van der Waals surface area (Å²) in [6.45, 7) is 6.15. The monoisotopic (exact) mass is 356 g/mol. The summed E-state index contributed by atoms with van der Waals surface area (Å²) < 4.78 is 0. The van der Waals surface area contributed by atoms with Crippen LogP contribution >= 0.6 is 23.1 Å². The lowest BCUT2D eigenvalue weighted by atomic mass is 10.1. The van der Waals surface area contributed by atoms with Crippen molar-refractivity contribution in [3.05, 3.63) is 55.9 Å². The Balaban J connectivity index is 1.66. The van der Waals surface area contributed by atoms with Crippen LogP contribution in [0.4, 0.5) is 0 Å². The first-order chi connectivity index (χ1) is 11.5. The van der Waals surface area contributed by atoms with Crippen molar-refractivity contribution < 1.29 is 0 Å². The zero-order valence-corrected chi connectivity index (χ0v) is 15.7. The van der Waals surface area contributed by atoms with Crippen molar-refractivity contribution >= 4 is 33.3 Å². The molecule has 0 bridgehead atoms. The second-order valence-corrected chi connectivity index (χ2v) is 9.08. The molecule has 0 spiro atoms. The van der Waals surface area contributed by atoms with Gasteiger partial charge in [-0.3, -0.25) is 4.79 Å². The zero-order valence-electron chi connectivity index (χ0n) is 14.1. The van der Waals surface area contributed by atoms with E-state index >= 15 is 0 Å². The van der Waals surface area contributed by atoms with Gasteiger partial charge in [0.25, 0.3) is 5.56 Å². The molecule has 24 heavy (non-hydrogen) atoms. The minimum Gasteiger partial charge on any atom is -0.309 e. The van der Waals surface area contributed by atoms with Gasteiger partial charge in [-0.1, -0.05) is 6.07 Å². The highest BCUT2D eigenvalue weighted by Gasteiger charge is 2.17. The van der Waals surface area contributed by atoms with Gasteiger partial charge in [0.2, 0.25) is 0 Å². The van der Waals surface area contributed by atoms with Crippen LogP contribution in [0.3, 0.4) is 0 Å². The van der Waals surface area contributed by atoms with Gasteiger partial charge < -0.3 is 4.98 Å². The number of H-pyrrole nitrogens is 1. The number of nitrogens with one attached hydrogen (secondary N) is 1. The van der Waals surface area contributed by atoms with E-state index in [0.29, 0.717) is 0 Å². The molecule has 2 heterocycles. The Morgan fingerprint density at radius 2 is 2.04 bits per heavy atom. The van der Waals surface area contributed by atoms with Crippen molar-refractivity contribution in [2.75, 3.05) is 0 Å². The Morgan fingerprint density at radius 1 is 1.25 bits per heavy atom. The molecular formula is C19H20N2OS2. The van der Waals surface area contributed by atoms with Gasteiger partial charge in [-0.15, -0.1) is 23.1 Å². The Hall–Kier alpha value is -1.59. The minimum absolute atomic E-state index is 0.0155. The van der Waals surface area contributed by atoms with E-state index in [1.54, 1.807) is 23.1 Å². The Labute approximate surface area is 149 Å². The Morgan fingerprint density at radius 3 is 2.88 bits per heavy atom. The van der Waals surface area contributed by atoms with Crippen molar-refractivity contribution in [2.24, 2.45) is 0 Å². The number of thioether (sulfide) groups is 1. The van der Waals surface area contributed by atoms with E-state index in [2.05, 4.69) is 30.1 Å². The lowest BCUT2D eigenvalue weighted by Gasteiger charge is -2.11. The van der Waals surface area contributed by atoms with E-state index in [1.807, 2.05) is 13.8 Å². The number of rotatable bonds is 3. The van der Waals surface area contributed by atoms with Crippen LogP contribution in [-0.4, -0.2) is 9.97 Å². The van der Waals surface area contributed by atoms with Gasteiger partial charge in [0.05, 0.1) is 10.6 Å². The van der Waals surface area contributed by atoms with E-state index in [9.17, 15) is 4.79 Å². The number of aryl methyl sites for hydroxylation is 4. The largest absolute Gasteiger partial charge is 0.309 e. The molecule has 0 aliphatic heterocycles. The molecule has 2 aromatic heterocycles. The van der Waals surface area contributed by atoms with Gasteiger partial charge in [0, 0.05) is 9.77 Å². The molecule has 1 atom stereocenters. The van der Waals surface area contributed by atoms with E-state index in [1.165, 1.54) is 40.2 Å². The molecule has 1 aromatic carbocycles. The van der Waals surface area contributed by atoms with Crippen molar-refractivity contribution in [1.82, 2.24) is 9.97 Å². The van der Waals surface area contributed by atoms with E-state index in [0.717, 1.165) is 21.6 Å². The van der Waals surface area contributed by atoms with Crippen LogP contribution in [0.25, 0.3) is 10.2 Å². The molecule has 0 saturated carbocycles. The summed E-state index contributed by atoms with van der Waals surface area (Å²) in [6, 6.07) is 6.75. The van der Waals surface area contributed by atoms with E-state index in [4.69, 9.17) is 4.98 Å². The maximum absolute atomic E-state index is 12.4.